The normalized spacial score (nSPS) is 13.3. The van der Waals surface area contributed by atoms with Crippen LogP contribution in [0.2, 0.25) is 0 Å². The molecule has 0 spiro atoms. The topological polar surface area (TPSA) is 44.2 Å². The van der Waals surface area contributed by atoms with Gasteiger partial charge in [0.15, 0.2) is 0 Å². The van der Waals surface area contributed by atoms with Crippen LogP contribution >= 0.6 is 33.3 Å². The molecule has 0 fully saturated rings. The lowest BCUT2D eigenvalue weighted by atomic mass is 10.2. The third-order valence-electron chi connectivity index (χ3n) is 4.35. The van der Waals surface area contributed by atoms with Crippen molar-refractivity contribution >= 4 is 33.3 Å². The van der Waals surface area contributed by atoms with Gasteiger partial charge in [-0.2, -0.15) is 11.8 Å². The highest BCUT2D eigenvalue weighted by molar-refractivity contribution is 8.76. The summed E-state index contributed by atoms with van der Waals surface area (Å²) in [5.74, 6) is 0.982. The van der Waals surface area contributed by atoms with Crippen LogP contribution < -0.4 is 0 Å². The van der Waals surface area contributed by atoms with E-state index in [-0.39, 0.29) is 0 Å². The van der Waals surface area contributed by atoms with Crippen molar-refractivity contribution in [2.75, 3.05) is 26.4 Å². The number of pyridine rings is 2. The van der Waals surface area contributed by atoms with E-state index in [1.807, 2.05) is 59.2 Å². The van der Waals surface area contributed by atoms with Gasteiger partial charge < -0.3 is 9.47 Å². The van der Waals surface area contributed by atoms with Crippen LogP contribution in [0.1, 0.15) is 45.2 Å². The van der Waals surface area contributed by atoms with Crippen LogP contribution in [0.5, 0.6) is 0 Å². The SMILES string of the molecule is CC(CCCOCCOCCCC(C)SSc1ccccn1)SCc1ccccn1. The van der Waals surface area contributed by atoms with Crippen molar-refractivity contribution < 1.29 is 9.47 Å². The fourth-order valence-corrected chi connectivity index (χ4v) is 5.73. The average Bonchev–Trinajstić information content (AvgIpc) is 2.79. The van der Waals surface area contributed by atoms with Crippen LogP contribution in [-0.4, -0.2) is 46.9 Å². The van der Waals surface area contributed by atoms with Gasteiger partial charge in [-0.05, 0) is 60.7 Å². The summed E-state index contributed by atoms with van der Waals surface area (Å²) in [7, 11) is 3.63. The molecule has 0 aromatic carbocycles. The highest BCUT2D eigenvalue weighted by atomic mass is 33.1. The van der Waals surface area contributed by atoms with Crippen molar-refractivity contribution in [3.63, 3.8) is 0 Å². The molecule has 0 aliphatic rings. The van der Waals surface area contributed by atoms with Gasteiger partial charge in [0.25, 0.3) is 0 Å². The van der Waals surface area contributed by atoms with Gasteiger partial charge in [-0.1, -0.05) is 36.8 Å². The second kappa shape index (κ2) is 16.9. The van der Waals surface area contributed by atoms with Crippen LogP contribution in [0.3, 0.4) is 0 Å². The van der Waals surface area contributed by atoms with Gasteiger partial charge in [-0.15, -0.1) is 0 Å². The minimum absolute atomic E-state index is 0.592. The van der Waals surface area contributed by atoms with Crippen LogP contribution in [0.4, 0.5) is 0 Å². The number of ether oxygens (including phenoxy) is 2. The third kappa shape index (κ3) is 12.8. The Morgan fingerprint density at radius 1 is 0.800 bits per heavy atom. The lowest BCUT2D eigenvalue weighted by Gasteiger charge is -2.11. The van der Waals surface area contributed by atoms with Crippen molar-refractivity contribution in [3.05, 3.63) is 54.5 Å². The Balaban J connectivity index is 1.33. The van der Waals surface area contributed by atoms with Gasteiger partial charge in [0.2, 0.25) is 0 Å². The molecule has 0 N–H and O–H groups in total. The molecule has 0 saturated heterocycles. The standard InChI is InChI=1S/C23H34N2O2S3/c1-20(28-19-22-11-3-5-13-24-22)9-7-15-26-17-18-27-16-8-10-21(2)29-30-23-12-4-6-14-25-23/h3-6,11-14,20-21H,7-10,15-19H2,1-2H3. The van der Waals surface area contributed by atoms with E-state index in [0.717, 1.165) is 48.9 Å². The molecule has 2 rings (SSSR count). The predicted molar refractivity (Wildman–Crippen MR) is 132 cm³/mol. The van der Waals surface area contributed by atoms with Gasteiger partial charge in [0.05, 0.1) is 18.9 Å². The first-order chi connectivity index (χ1) is 14.7. The molecule has 0 aliphatic heterocycles. The van der Waals surface area contributed by atoms with Gasteiger partial charge in [-0.25, -0.2) is 4.98 Å². The molecule has 30 heavy (non-hydrogen) atoms. The second-order valence-electron chi connectivity index (χ2n) is 7.11. The molecule has 2 unspecified atom stereocenters. The maximum atomic E-state index is 5.70. The molecule has 166 valence electrons. The molecule has 2 aromatic heterocycles. The molecule has 0 amide bonds. The number of aromatic nitrogens is 2. The fraction of sp³-hybridized carbons (Fsp3) is 0.565. The van der Waals surface area contributed by atoms with E-state index in [1.165, 1.54) is 6.42 Å². The zero-order chi connectivity index (χ0) is 21.3. The van der Waals surface area contributed by atoms with E-state index in [9.17, 15) is 0 Å². The zero-order valence-electron chi connectivity index (χ0n) is 18.1. The number of nitrogens with zero attached hydrogens (tertiary/aromatic N) is 2. The van der Waals surface area contributed by atoms with Crippen molar-refractivity contribution in [1.29, 1.82) is 0 Å². The average molecular weight is 467 g/mol. The maximum Gasteiger partial charge on any atom is 0.106 e. The Hall–Kier alpha value is -0.730. The molecule has 7 heteroatoms. The Labute approximate surface area is 194 Å². The molecule has 0 radical (unpaired) electrons. The van der Waals surface area contributed by atoms with E-state index >= 15 is 0 Å². The van der Waals surface area contributed by atoms with Crippen LogP contribution in [-0.2, 0) is 15.2 Å². The van der Waals surface area contributed by atoms with Crippen LogP contribution in [0.15, 0.2) is 53.8 Å². The monoisotopic (exact) mass is 466 g/mol. The first kappa shape index (κ1) is 25.5. The van der Waals surface area contributed by atoms with Gasteiger partial charge in [-0.3, -0.25) is 4.98 Å². The van der Waals surface area contributed by atoms with Crippen molar-refractivity contribution in [2.24, 2.45) is 0 Å². The van der Waals surface area contributed by atoms with Gasteiger partial charge in [0.1, 0.15) is 5.03 Å². The lowest BCUT2D eigenvalue weighted by Crippen LogP contribution is -2.08. The Bertz CT molecular complexity index is 592. The van der Waals surface area contributed by atoms with Crippen LogP contribution in [0, 0.1) is 0 Å². The second-order valence-corrected chi connectivity index (χ2v) is 11.2. The number of rotatable bonds is 17. The highest BCUT2D eigenvalue weighted by Gasteiger charge is 2.05. The number of hydrogen-bond acceptors (Lipinski definition) is 7. The molecule has 0 aliphatic carbocycles. The Morgan fingerprint density at radius 2 is 1.47 bits per heavy atom. The maximum absolute atomic E-state index is 5.70. The van der Waals surface area contributed by atoms with E-state index in [1.54, 1.807) is 10.8 Å². The summed E-state index contributed by atoms with van der Waals surface area (Å²) in [5, 5.41) is 2.29. The first-order valence-electron chi connectivity index (χ1n) is 10.7. The summed E-state index contributed by atoms with van der Waals surface area (Å²) >= 11 is 1.96. The highest BCUT2D eigenvalue weighted by Crippen LogP contribution is 2.34. The summed E-state index contributed by atoms with van der Waals surface area (Å²) in [6.45, 7) is 7.55. The van der Waals surface area contributed by atoms with E-state index in [0.29, 0.717) is 23.7 Å². The third-order valence-corrected chi connectivity index (χ3v) is 8.47. The fourth-order valence-electron chi connectivity index (χ4n) is 2.64. The molecule has 2 heterocycles. The van der Waals surface area contributed by atoms with E-state index < -0.39 is 0 Å². The quantitative estimate of drug-likeness (QED) is 0.194. The summed E-state index contributed by atoms with van der Waals surface area (Å²) < 4.78 is 11.4. The van der Waals surface area contributed by atoms with Crippen molar-refractivity contribution in [3.8, 4) is 0 Å². The minimum Gasteiger partial charge on any atom is -0.379 e. The van der Waals surface area contributed by atoms with Crippen molar-refractivity contribution in [1.82, 2.24) is 9.97 Å². The molecular weight excluding hydrogens is 432 g/mol. The van der Waals surface area contributed by atoms with Crippen molar-refractivity contribution in [2.45, 2.75) is 60.8 Å². The Morgan fingerprint density at radius 3 is 2.10 bits per heavy atom. The molecule has 4 nitrogen and oxygen atoms in total. The molecule has 2 aromatic rings. The molecule has 2 atom stereocenters. The van der Waals surface area contributed by atoms with E-state index in [2.05, 4.69) is 35.9 Å². The largest absolute Gasteiger partial charge is 0.379 e. The smallest absolute Gasteiger partial charge is 0.106 e. The molecular formula is C23H34N2O2S3. The summed E-state index contributed by atoms with van der Waals surface area (Å²) in [4.78, 5) is 8.70. The summed E-state index contributed by atoms with van der Waals surface area (Å²) in [5.41, 5.74) is 1.16. The number of hydrogen-bond donors (Lipinski definition) is 0. The van der Waals surface area contributed by atoms with Gasteiger partial charge >= 0.3 is 0 Å². The first-order valence-corrected chi connectivity index (χ1v) is 13.9. The number of thioether (sulfide) groups is 1. The van der Waals surface area contributed by atoms with E-state index in [4.69, 9.17) is 9.47 Å². The summed E-state index contributed by atoms with van der Waals surface area (Å²) in [6, 6.07) is 12.1. The lowest BCUT2D eigenvalue weighted by molar-refractivity contribution is 0.0452. The predicted octanol–water partition coefficient (Wildman–Crippen LogP) is 6.52. The minimum atomic E-state index is 0.592. The van der Waals surface area contributed by atoms with Crippen LogP contribution in [0.25, 0.3) is 0 Å². The Kier molecular flexibility index (Phi) is 14.4. The molecule has 0 saturated carbocycles. The zero-order valence-corrected chi connectivity index (χ0v) is 20.5. The summed E-state index contributed by atoms with van der Waals surface area (Å²) in [6.07, 6.45) is 8.20. The van der Waals surface area contributed by atoms with Gasteiger partial charge in [0, 0.05) is 41.9 Å². The molecule has 0 bridgehead atoms.